The lowest BCUT2D eigenvalue weighted by Crippen LogP contribution is -2.28. The summed E-state index contributed by atoms with van der Waals surface area (Å²) in [4.78, 5) is 35.0. The number of carbonyl (C=O) groups excluding carboxylic acids is 2. The van der Waals surface area contributed by atoms with E-state index in [0.717, 1.165) is 16.0 Å². The number of nitrogens with two attached hydrogens (primary N) is 2. The minimum atomic E-state index is -0.939. The number of carbonyl (C=O) groups is 3. The number of rotatable bonds is 9. The molecule has 164 valence electrons. The van der Waals surface area contributed by atoms with Crippen LogP contribution in [0.1, 0.15) is 27.5 Å². The number of anilines is 1. The monoisotopic (exact) mass is 450 g/mol. The average molecular weight is 451 g/mol. The summed E-state index contributed by atoms with van der Waals surface area (Å²) in [5.74, 6) is -1.59. The van der Waals surface area contributed by atoms with Gasteiger partial charge in [0.15, 0.2) is 0 Å². The zero-order valence-corrected chi connectivity index (χ0v) is 17.8. The van der Waals surface area contributed by atoms with E-state index in [0.29, 0.717) is 17.1 Å². The van der Waals surface area contributed by atoms with Gasteiger partial charge in [-0.1, -0.05) is 66.7 Å². The summed E-state index contributed by atoms with van der Waals surface area (Å²) in [6.45, 7) is 0.378. The van der Waals surface area contributed by atoms with E-state index in [1.165, 1.54) is 11.3 Å². The lowest BCUT2D eigenvalue weighted by atomic mass is 10.1. The summed E-state index contributed by atoms with van der Waals surface area (Å²) in [6, 6.07) is 16.6. The predicted octanol–water partition coefficient (Wildman–Crippen LogP) is 3.43. The molecule has 1 heterocycles. The lowest BCUT2D eigenvalue weighted by Gasteiger charge is -2.13. The number of urea groups is 1. The molecule has 3 amide bonds. The second kappa shape index (κ2) is 10.4. The van der Waals surface area contributed by atoms with Crippen molar-refractivity contribution in [1.29, 1.82) is 0 Å². The molecule has 0 fully saturated rings. The highest BCUT2D eigenvalue weighted by Crippen LogP contribution is 2.35. The van der Waals surface area contributed by atoms with Crippen LogP contribution in [0.15, 0.2) is 66.7 Å². The van der Waals surface area contributed by atoms with Crippen LogP contribution < -0.4 is 22.1 Å². The third kappa shape index (κ3) is 5.81. The molecule has 1 aromatic heterocycles. The minimum Gasteiger partial charge on any atom is -0.480 e. The summed E-state index contributed by atoms with van der Waals surface area (Å²) in [5, 5.41) is 15.2. The quantitative estimate of drug-likeness (QED) is 0.339. The fraction of sp³-hybridized carbons (Fsp3) is 0.0870. The molecule has 7 N–H and O–H groups in total. The number of thiophene rings is 1. The minimum absolute atomic E-state index is 0.199. The number of amides is 3. The topological polar surface area (TPSA) is 148 Å². The summed E-state index contributed by atoms with van der Waals surface area (Å²) in [5.41, 5.74) is 13.2. The number of nitrogens with one attached hydrogen (secondary N) is 2. The van der Waals surface area contributed by atoms with Crippen molar-refractivity contribution in [2.45, 2.75) is 6.04 Å². The van der Waals surface area contributed by atoms with Crippen LogP contribution in [0.4, 0.5) is 9.80 Å². The van der Waals surface area contributed by atoms with Gasteiger partial charge in [0.2, 0.25) is 0 Å². The van der Waals surface area contributed by atoms with Crippen LogP contribution in [0.25, 0.3) is 16.5 Å². The van der Waals surface area contributed by atoms with E-state index in [1.54, 1.807) is 30.3 Å². The Balaban J connectivity index is 1.66. The maximum absolute atomic E-state index is 11.6. The summed E-state index contributed by atoms with van der Waals surface area (Å²) in [7, 11) is 0. The van der Waals surface area contributed by atoms with Gasteiger partial charge in [-0.05, 0) is 22.8 Å². The molecule has 0 bridgehead atoms. The van der Waals surface area contributed by atoms with Gasteiger partial charge in [0, 0.05) is 11.4 Å². The maximum atomic E-state index is 11.6. The van der Waals surface area contributed by atoms with E-state index in [9.17, 15) is 19.5 Å². The van der Waals surface area contributed by atoms with Gasteiger partial charge in [-0.25, -0.2) is 4.79 Å². The Bertz CT molecular complexity index is 1140. The number of hydrogen-bond acceptors (Lipinski definition) is 5. The molecular weight excluding hydrogens is 428 g/mol. The molecule has 0 aliphatic heterocycles. The molecule has 9 heteroatoms. The number of benzene rings is 2. The van der Waals surface area contributed by atoms with Crippen LogP contribution in [0.2, 0.25) is 0 Å². The van der Waals surface area contributed by atoms with Gasteiger partial charge in [-0.2, -0.15) is 0 Å². The van der Waals surface area contributed by atoms with Crippen molar-refractivity contribution in [3.05, 3.63) is 83.4 Å². The van der Waals surface area contributed by atoms with E-state index in [1.807, 2.05) is 42.5 Å². The first-order valence-corrected chi connectivity index (χ1v) is 10.4. The fourth-order valence-electron chi connectivity index (χ4n) is 3.05. The largest absolute Gasteiger partial charge is 0.480 e. The van der Waals surface area contributed by atoms with Crippen LogP contribution in [-0.4, -0.2) is 29.6 Å². The smallest absolute Gasteiger partial charge is 0.325 e. The molecule has 32 heavy (non-hydrogen) atoms. The number of hydrogen-bond donors (Lipinski definition) is 5. The second-order valence-electron chi connectivity index (χ2n) is 6.82. The van der Waals surface area contributed by atoms with Gasteiger partial charge in [-0.15, -0.1) is 11.3 Å². The van der Waals surface area contributed by atoms with Crippen molar-refractivity contribution in [3.63, 3.8) is 0 Å². The Morgan fingerprint density at radius 1 is 1.03 bits per heavy atom. The molecule has 0 spiro atoms. The van der Waals surface area contributed by atoms with Gasteiger partial charge in [0.1, 0.15) is 11.0 Å². The first kappa shape index (κ1) is 22.7. The molecule has 3 rings (SSSR count). The second-order valence-corrected chi connectivity index (χ2v) is 7.87. The SMILES string of the molecule is NC(=O)Nc1sc(-c2ccc(/C=C/CN[C@H](C(=O)O)c3ccccc3)cc2)cc1C(N)=O. The molecule has 0 unspecified atom stereocenters. The van der Waals surface area contributed by atoms with E-state index >= 15 is 0 Å². The normalized spacial score (nSPS) is 11.9. The van der Waals surface area contributed by atoms with Crippen molar-refractivity contribution in [2.24, 2.45) is 11.5 Å². The first-order valence-electron chi connectivity index (χ1n) is 9.63. The zero-order chi connectivity index (χ0) is 23.1. The molecule has 1 atom stereocenters. The van der Waals surface area contributed by atoms with Crippen molar-refractivity contribution in [3.8, 4) is 10.4 Å². The number of primary amides is 2. The third-order valence-corrected chi connectivity index (χ3v) is 5.66. The Morgan fingerprint density at radius 3 is 2.31 bits per heavy atom. The summed E-state index contributed by atoms with van der Waals surface area (Å²) >= 11 is 1.20. The highest BCUT2D eigenvalue weighted by Gasteiger charge is 2.18. The predicted molar refractivity (Wildman–Crippen MR) is 125 cm³/mol. The van der Waals surface area contributed by atoms with E-state index in [2.05, 4.69) is 10.6 Å². The number of aliphatic carboxylic acids is 1. The molecule has 0 saturated heterocycles. The highest BCUT2D eigenvalue weighted by atomic mass is 32.1. The molecule has 0 radical (unpaired) electrons. The third-order valence-electron chi connectivity index (χ3n) is 4.56. The van der Waals surface area contributed by atoms with Crippen LogP contribution in [0.5, 0.6) is 0 Å². The Kier molecular flexibility index (Phi) is 7.37. The average Bonchev–Trinajstić information content (AvgIpc) is 3.18. The molecule has 0 aliphatic carbocycles. The van der Waals surface area contributed by atoms with Gasteiger partial charge < -0.3 is 16.6 Å². The van der Waals surface area contributed by atoms with Gasteiger partial charge in [0.05, 0.1) is 5.56 Å². The molecular formula is C23H22N4O4S. The van der Waals surface area contributed by atoms with Crippen molar-refractivity contribution < 1.29 is 19.5 Å². The van der Waals surface area contributed by atoms with Crippen molar-refractivity contribution in [2.75, 3.05) is 11.9 Å². The van der Waals surface area contributed by atoms with Crippen molar-refractivity contribution >= 4 is 40.3 Å². The Labute approximate surface area is 188 Å². The van der Waals surface area contributed by atoms with Gasteiger partial charge >= 0.3 is 12.0 Å². The van der Waals surface area contributed by atoms with E-state index in [4.69, 9.17) is 11.5 Å². The van der Waals surface area contributed by atoms with Gasteiger partial charge in [0.25, 0.3) is 5.91 Å². The van der Waals surface area contributed by atoms with Crippen LogP contribution in [-0.2, 0) is 4.79 Å². The molecule has 0 aliphatic rings. The zero-order valence-electron chi connectivity index (χ0n) is 16.9. The van der Waals surface area contributed by atoms with Crippen LogP contribution in [0, 0.1) is 0 Å². The highest BCUT2D eigenvalue weighted by molar-refractivity contribution is 7.20. The number of carboxylic acids is 1. The van der Waals surface area contributed by atoms with Crippen LogP contribution in [0.3, 0.4) is 0 Å². The maximum Gasteiger partial charge on any atom is 0.325 e. The summed E-state index contributed by atoms with van der Waals surface area (Å²) < 4.78 is 0. The molecule has 2 aromatic carbocycles. The van der Waals surface area contributed by atoms with E-state index in [-0.39, 0.29) is 5.56 Å². The lowest BCUT2D eigenvalue weighted by molar-refractivity contribution is -0.139. The standard InChI is InChI=1S/C23H22N4O4S/c24-20(28)17-13-18(32-21(17)27-23(25)31)15-10-8-14(9-11-15)5-4-12-26-19(22(29)30)16-6-2-1-3-7-16/h1-11,13,19,26H,12H2,(H2,24,28)(H,29,30)(H3,25,27,31)/b5-4+/t19-/m0/s1. The molecule has 3 aromatic rings. The van der Waals surface area contributed by atoms with Crippen LogP contribution >= 0.6 is 11.3 Å². The van der Waals surface area contributed by atoms with Crippen molar-refractivity contribution in [1.82, 2.24) is 5.32 Å². The fourth-order valence-corrected chi connectivity index (χ4v) is 4.13. The summed E-state index contributed by atoms with van der Waals surface area (Å²) in [6.07, 6.45) is 3.73. The Morgan fingerprint density at radius 2 is 1.72 bits per heavy atom. The Hall–Kier alpha value is -3.95. The molecule has 8 nitrogen and oxygen atoms in total. The van der Waals surface area contributed by atoms with Gasteiger partial charge in [-0.3, -0.25) is 20.2 Å². The van der Waals surface area contributed by atoms with E-state index < -0.39 is 23.9 Å². The first-order chi connectivity index (χ1) is 15.3. The molecule has 0 saturated carbocycles. The number of carboxylic acid groups (broad SMARTS) is 1.